The lowest BCUT2D eigenvalue weighted by molar-refractivity contribution is 0.756. The topological polar surface area (TPSA) is 31.9 Å². The molecule has 0 amide bonds. The van der Waals surface area contributed by atoms with Crippen LogP contribution < -0.4 is 4.90 Å². The molecular weight excluding hydrogens is 278 g/mol. The number of hydrogen-bond donors (Lipinski definition) is 1. The standard InChI is InChI=1S/C17H17N3S/c1-2-6-13(7-3-1)16-12-20(10-11-21-16)17-18-14-8-4-5-9-15(14)19-17/h1-9,16H,10-12H2,(H,18,19). The van der Waals surface area contributed by atoms with Crippen LogP contribution in [0.25, 0.3) is 11.0 Å². The SMILES string of the molecule is c1ccc(C2CN(c3nc4ccccc4[nH]3)CCS2)cc1. The Balaban J connectivity index is 1.60. The van der Waals surface area contributed by atoms with Crippen LogP contribution >= 0.6 is 11.8 Å². The van der Waals surface area contributed by atoms with Crippen molar-refractivity contribution >= 4 is 28.7 Å². The zero-order chi connectivity index (χ0) is 14.1. The van der Waals surface area contributed by atoms with Crippen molar-refractivity contribution in [1.82, 2.24) is 9.97 Å². The van der Waals surface area contributed by atoms with Crippen molar-refractivity contribution in [3.63, 3.8) is 0 Å². The van der Waals surface area contributed by atoms with Crippen LogP contribution in [0.5, 0.6) is 0 Å². The Bertz CT molecular complexity index is 705. The summed E-state index contributed by atoms with van der Waals surface area (Å²) < 4.78 is 0. The molecule has 1 saturated heterocycles. The first kappa shape index (κ1) is 12.8. The number of rotatable bonds is 2. The van der Waals surface area contributed by atoms with Gasteiger partial charge in [0, 0.05) is 24.1 Å². The van der Waals surface area contributed by atoms with Gasteiger partial charge in [-0.2, -0.15) is 11.8 Å². The van der Waals surface area contributed by atoms with E-state index in [-0.39, 0.29) is 0 Å². The summed E-state index contributed by atoms with van der Waals surface area (Å²) in [7, 11) is 0. The average molecular weight is 295 g/mol. The number of para-hydroxylation sites is 2. The summed E-state index contributed by atoms with van der Waals surface area (Å²) >= 11 is 2.04. The number of aromatic amines is 1. The Morgan fingerprint density at radius 2 is 1.86 bits per heavy atom. The molecule has 1 unspecified atom stereocenters. The number of H-pyrrole nitrogens is 1. The lowest BCUT2D eigenvalue weighted by Gasteiger charge is -2.32. The molecule has 4 heteroatoms. The highest BCUT2D eigenvalue weighted by molar-refractivity contribution is 7.99. The number of fused-ring (bicyclic) bond motifs is 1. The quantitative estimate of drug-likeness (QED) is 0.779. The van der Waals surface area contributed by atoms with Crippen LogP contribution in [0.2, 0.25) is 0 Å². The maximum atomic E-state index is 4.73. The van der Waals surface area contributed by atoms with Crippen LogP contribution in [0.15, 0.2) is 54.6 Å². The normalized spacial score (nSPS) is 19.0. The lowest BCUT2D eigenvalue weighted by atomic mass is 10.1. The predicted octanol–water partition coefficient (Wildman–Crippen LogP) is 3.86. The molecule has 1 N–H and O–H groups in total. The monoisotopic (exact) mass is 295 g/mol. The van der Waals surface area contributed by atoms with Crippen molar-refractivity contribution in [2.75, 3.05) is 23.7 Å². The van der Waals surface area contributed by atoms with Gasteiger partial charge >= 0.3 is 0 Å². The van der Waals surface area contributed by atoms with Crippen molar-refractivity contribution in [2.24, 2.45) is 0 Å². The summed E-state index contributed by atoms with van der Waals surface area (Å²) in [6, 6.07) is 19.0. The zero-order valence-corrected chi connectivity index (χ0v) is 12.5. The largest absolute Gasteiger partial charge is 0.340 e. The Hall–Kier alpha value is -1.94. The van der Waals surface area contributed by atoms with Crippen molar-refractivity contribution < 1.29 is 0 Å². The average Bonchev–Trinajstić information content (AvgIpc) is 3.00. The first-order valence-electron chi connectivity index (χ1n) is 7.26. The van der Waals surface area contributed by atoms with E-state index >= 15 is 0 Å². The van der Waals surface area contributed by atoms with Gasteiger partial charge in [0.2, 0.25) is 5.95 Å². The Morgan fingerprint density at radius 1 is 1.05 bits per heavy atom. The van der Waals surface area contributed by atoms with Crippen LogP contribution in [0.3, 0.4) is 0 Å². The van der Waals surface area contributed by atoms with E-state index in [9.17, 15) is 0 Å². The van der Waals surface area contributed by atoms with Gasteiger partial charge in [-0.15, -0.1) is 0 Å². The summed E-state index contributed by atoms with van der Waals surface area (Å²) in [6.45, 7) is 2.06. The van der Waals surface area contributed by atoms with Gasteiger partial charge in [0.1, 0.15) is 0 Å². The van der Waals surface area contributed by atoms with E-state index in [1.807, 2.05) is 23.9 Å². The molecule has 106 valence electrons. The number of imidazole rings is 1. The number of nitrogens with zero attached hydrogens (tertiary/aromatic N) is 2. The van der Waals surface area contributed by atoms with Gasteiger partial charge in [0.15, 0.2) is 0 Å². The van der Waals surface area contributed by atoms with Crippen molar-refractivity contribution in [3.8, 4) is 0 Å². The van der Waals surface area contributed by atoms with Gasteiger partial charge in [-0.25, -0.2) is 4.98 Å². The van der Waals surface area contributed by atoms with Gasteiger partial charge in [0.25, 0.3) is 0 Å². The maximum absolute atomic E-state index is 4.73. The number of benzene rings is 2. The zero-order valence-electron chi connectivity index (χ0n) is 11.7. The summed E-state index contributed by atoms with van der Waals surface area (Å²) in [5.74, 6) is 2.13. The van der Waals surface area contributed by atoms with E-state index < -0.39 is 0 Å². The second-order valence-electron chi connectivity index (χ2n) is 5.29. The fourth-order valence-electron chi connectivity index (χ4n) is 2.80. The number of thioether (sulfide) groups is 1. The van der Waals surface area contributed by atoms with Crippen molar-refractivity contribution in [2.45, 2.75) is 5.25 Å². The van der Waals surface area contributed by atoms with Crippen LogP contribution in [-0.2, 0) is 0 Å². The molecule has 1 aliphatic heterocycles. The van der Waals surface area contributed by atoms with Crippen molar-refractivity contribution in [1.29, 1.82) is 0 Å². The van der Waals surface area contributed by atoms with E-state index in [1.165, 1.54) is 5.56 Å². The molecular formula is C17H17N3S. The highest BCUT2D eigenvalue weighted by atomic mass is 32.2. The molecule has 1 atom stereocenters. The first-order valence-corrected chi connectivity index (χ1v) is 8.31. The van der Waals surface area contributed by atoms with Gasteiger partial charge in [-0.1, -0.05) is 42.5 Å². The highest BCUT2D eigenvalue weighted by Crippen LogP contribution is 2.34. The Kier molecular flexibility index (Phi) is 3.31. The summed E-state index contributed by atoms with van der Waals surface area (Å²) in [4.78, 5) is 10.5. The maximum Gasteiger partial charge on any atom is 0.203 e. The highest BCUT2D eigenvalue weighted by Gasteiger charge is 2.23. The number of hydrogen-bond acceptors (Lipinski definition) is 3. The fourth-order valence-corrected chi connectivity index (χ4v) is 4.05. The van der Waals surface area contributed by atoms with Gasteiger partial charge in [0.05, 0.1) is 11.0 Å². The van der Waals surface area contributed by atoms with Crippen LogP contribution in [0.1, 0.15) is 10.8 Å². The third-order valence-corrected chi connectivity index (χ3v) is 5.16. The van der Waals surface area contributed by atoms with E-state index in [0.717, 1.165) is 35.8 Å². The minimum Gasteiger partial charge on any atom is -0.340 e. The molecule has 0 radical (unpaired) electrons. The molecule has 4 rings (SSSR count). The molecule has 0 aliphatic carbocycles. The van der Waals surface area contributed by atoms with E-state index in [1.54, 1.807) is 0 Å². The van der Waals surface area contributed by atoms with Gasteiger partial charge < -0.3 is 9.88 Å². The fraction of sp³-hybridized carbons (Fsp3) is 0.235. The molecule has 1 aliphatic rings. The summed E-state index contributed by atoms with van der Waals surface area (Å²) in [5.41, 5.74) is 3.56. The second kappa shape index (κ2) is 5.45. The Morgan fingerprint density at radius 3 is 2.71 bits per heavy atom. The molecule has 1 aromatic heterocycles. The molecule has 0 spiro atoms. The lowest BCUT2D eigenvalue weighted by Crippen LogP contribution is -2.35. The minimum absolute atomic E-state index is 0.521. The molecule has 3 aromatic rings. The molecule has 0 saturated carbocycles. The molecule has 2 aromatic carbocycles. The van der Waals surface area contributed by atoms with Crippen LogP contribution in [-0.4, -0.2) is 28.8 Å². The third kappa shape index (κ3) is 2.51. The van der Waals surface area contributed by atoms with Gasteiger partial charge in [-0.3, -0.25) is 0 Å². The third-order valence-electron chi connectivity index (χ3n) is 3.91. The number of nitrogens with one attached hydrogen (secondary N) is 1. The molecule has 3 nitrogen and oxygen atoms in total. The predicted molar refractivity (Wildman–Crippen MR) is 89.9 cm³/mol. The molecule has 2 heterocycles. The van der Waals surface area contributed by atoms with E-state index in [2.05, 4.69) is 52.3 Å². The first-order chi connectivity index (χ1) is 10.4. The van der Waals surface area contributed by atoms with Gasteiger partial charge in [-0.05, 0) is 17.7 Å². The van der Waals surface area contributed by atoms with E-state index in [4.69, 9.17) is 4.98 Å². The van der Waals surface area contributed by atoms with Crippen LogP contribution in [0.4, 0.5) is 5.95 Å². The number of aromatic nitrogens is 2. The minimum atomic E-state index is 0.521. The summed E-state index contributed by atoms with van der Waals surface area (Å²) in [6.07, 6.45) is 0. The molecule has 21 heavy (non-hydrogen) atoms. The van der Waals surface area contributed by atoms with E-state index in [0.29, 0.717) is 5.25 Å². The number of anilines is 1. The van der Waals surface area contributed by atoms with Crippen LogP contribution in [0, 0.1) is 0 Å². The summed E-state index contributed by atoms with van der Waals surface area (Å²) in [5, 5.41) is 0.521. The molecule has 1 fully saturated rings. The smallest absolute Gasteiger partial charge is 0.203 e. The van der Waals surface area contributed by atoms with Crippen molar-refractivity contribution in [3.05, 3.63) is 60.2 Å². The molecule has 0 bridgehead atoms. The Labute approximate surface area is 128 Å². The second-order valence-corrected chi connectivity index (χ2v) is 6.60.